The van der Waals surface area contributed by atoms with E-state index >= 15 is 0 Å². The summed E-state index contributed by atoms with van der Waals surface area (Å²) in [6, 6.07) is 7.14. The summed E-state index contributed by atoms with van der Waals surface area (Å²) in [5.41, 5.74) is 7.09. The van der Waals surface area contributed by atoms with Crippen molar-refractivity contribution in [1.29, 1.82) is 0 Å². The van der Waals surface area contributed by atoms with Gasteiger partial charge in [0.1, 0.15) is 0 Å². The third kappa shape index (κ3) is 6.45. The quantitative estimate of drug-likeness (QED) is 0.661. The Morgan fingerprint density at radius 1 is 1.21 bits per heavy atom. The number of benzene rings is 1. The Balaban J connectivity index is 2.30. The largest absolute Gasteiger partial charge is 0.399 e. The topological polar surface area (TPSA) is 84.2 Å². The van der Waals surface area contributed by atoms with Crippen molar-refractivity contribution in [3.8, 4) is 0 Å². The lowest BCUT2D eigenvalue weighted by molar-refractivity contribution is -0.125. The highest BCUT2D eigenvalue weighted by Gasteiger charge is 2.07. The monoisotopic (exact) mass is 263 g/mol. The molecule has 0 bridgehead atoms. The molecule has 0 aliphatic carbocycles. The molecule has 0 heterocycles. The van der Waals surface area contributed by atoms with Crippen LogP contribution >= 0.6 is 0 Å². The first-order valence-corrected chi connectivity index (χ1v) is 6.35. The Bertz CT molecular complexity index is 444. The maximum absolute atomic E-state index is 11.6. The van der Waals surface area contributed by atoms with E-state index in [0.717, 1.165) is 5.56 Å². The Morgan fingerprint density at radius 3 is 2.58 bits per heavy atom. The maximum atomic E-state index is 11.6. The molecule has 4 N–H and O–H groups in total. The van der Waals surface area contributed by atoms with Crippen LogP contribution in [0.1, 0.15) is 19.4 Å². The second kappa shape index (κ2) is 7.41. The van der Waals surface area contributed by atoms with Gasteiger partial charge in [0, 0.05) is 12.2 Å². The minimum Gasteiger partial charge on any atom is -0.399 e. The molecule has 1 aromatic rings. The molecule has 2 amide bonds. The highest BCUT2D eigenvalue weighted by Crippen LogP contribution is 2.06. The van der Waals surface area contributed by atoms with Gasteiger partial charge in [0.15, 0.2) is 0 Å². The van der Waals surface area contributed by atoms with Gasteiger partial charge in [0.2, 0.25) is 11.8 Å². The minimum absolute atomic E-state index is 0.00781. The number of anilines is 1. The average molecular weight is 263 g/mol. The van der Waals surface area contributed by atoms with E-state index in [2.05, 4.69) is 10.6 Å². The van der Waals surface area contributed by atoms with Crippen molar-refractivity contribution in [2.75, 3.05) is 18.8 Å². The summed E-state index contributed by atoms with van der Waals surface area (Å²) in [4.78, 5) is 23.0. The highest BCUT2D eigenvalue weighted by molar-refractivity contribution is 5.85. The molecule has 5 nitrogen and oxygen atoms in total. The number of hydrogen-bond acceptors (Lipinski definition) is 3. The van der Waals surface area contributed by atoms with Crippen LogP contribution in [-0.2, 0) is 16.0 Å². The van der Waals surface area contributed by atoms with Crippen molar-refractivity contribution >= 4 is 17.5 Å². The average Bonchev–Trinajstić information content (AvgIpc) is 2.34. The number of hydrogen-bond donors (Lipinski definition) is 3. The van der Waals surface area contributed by atoms with Gasteiger partial charge in [0.25, 0.3) is 0 Å². The Labute approximate surface area is 113 Å². The fourth-order valence-corrected chi connectivity index (χ4v) is 1.51. The van der Waals surface area contributed by atoms with Gasteiger partial charge in [-0.25, -0.2) is 0 Å². The van der Waals surface area contributed by atoms with Crippen LogP contribution in [0.4, 0.5) is 5.69 Å². The fraction of sp³-hybridized carbons (Fsp3) is 0.429. The van der Waals surface area contributed by atoms with Gasteiger partial charge in [-0.15, -0.1) is 0 Å². The van der Waals surface area contributed by atoms with E-state index in [1.165, 1.54) is 0 Å². The molecule has 0 aliphatic rings. The number of amides is 2. The first kappa shape index (κ1) is 15.0. The SMILES string of the molecule is CC(C)CNC(=O)CNC(=O)Cc1cccc(N)c1. The van der Waals surface area contributed by atoms with Crippen LogP contribution in [0.5, 0.6) is 0 Å². The lowest BCUT2D eigenvalue weighted by Crippen LogP contribution is -2.38. The Kier molecular flexibility index (Phi) is 5.85. The lowest BCUT2D eigenvalue weighted by Gasteiger charge is -2.08. The fourth-order valence-electron chi connectivity index (χ4n) is 1.51. The highest BCUT2D eigenvalue weighted by atomic mass is 16.2. The van der Waals surface area contributed by atoms with Crippen LogP contribution in [0.2, 0.25) is 0 Å². The van der Waals surface area contributed by atoms with E-state index in [9.17, 15) is 9.59 Å². The molecule has 0 saturated carbocycles. The normalized spacial score (nSPS) is 10.3. The summed E-state index contributed by atoms with van der Waals surface area (Å²) in [5, 5.41) is 5.32. The number of nitrogens with one attached hydrogen (secondary N) is 2. The van der Waals surface area contributed by atoms with E-state index in [-0.39, 0.29) is 24.8 Å². The summed E-state index contributed by atoms with van der Waals surface area (Å²) in [7, 11) is 0. The first-order chi connectivity index (χ1) is 8.97. The van der Waals surface area contributed by atoms with Crippen molar-refractivity contribution in [2.45, 2.75) is 20.3 Å². The molecule has 1 aromatic carbocycles. The van der Waals surface area contributed by atoms with Crippen LogP contribution in [0, 0.1) is 5.92 Å². The Hall–Kier alpha value is -2.04. The van der Waals surface area contributed by atoms with Crippen LogP contribution in [0.15, 0.2) is 24.3 Å². The molecule has 19 heavy (non-hydrogen) atoms. The Morgan fingerprint density at radius 2 is 1.95 bits per heavy atom. The van der Waals surface area contributed by atoms with E-state index in [1.807, 2.05) is 19.9 Å². The summed E-state index contributed by atoms with van der Waals surface area (Å²) in [6.45, 7) is 4.65. The summed E-state index contributed by atoms with van der Waals surface area (Å²) in [6.07, 6.45) is 0.225. The molecule has 0 aliphatic heterocycles. The van der Waals surface area contributed by atoms with Crippen LogP contribution in [0.3, 0.4) is 0 Å². The van der Waals surface area contributed by atoms with E-state index in [1.54, 1.807) is 18.2 Å². The number of carbonyl (C=O) groups excluding carboxylic acids is 2. The molecule has 1 rings (SSSR count). The van der Waals surface area contributed by atoms with E-state index in [0.29, 0.717) is 18.2 Å². The van der Waals surface area contributed by atoms with Crippen molar-refractivity contribution in [1.82, 2.24) is 10.6 Å². The molecular formula is C14H21N3O2. The second-order valence-corrected chi connectivity index (χ2v) is 4.90. The van der Waals surface area contributed by atoms with Crippen LogP contribution < -0.4 is 16.4 Å². The van der Waals surface area contributed by atoms with Gasteiger partial charge in [-0.3, -0.25) is 9.59 Å². The minimum atomic E-state index is -0.190. The molecule has 0 saturated heterocycles. The molecule has 0 unspecified atom stereocenters. The van der Waals surface area contributed by atoms with Crippen molar-refractivity contribution in [3.05, 3.63) is 29.8 Å². The van der Waals surface area contributed by atoms with Crippen LogP contribution in [-0.4, -0.2) is 24.9 Å². The van der Waals surface area contributed by atoms with Gasteiger partial charge in [-0.1, -0.05) is 26.0 Å². The summed E-state index contributed by atoms with van der Waals surface area (Å²) < 4.78 is 0. The van der Waals surface area contributed by atoms with E-state index < -0.39 is 0 Å². The smallest absolute Gasteiger partial charge is 0.239 e. The summed E-state index contributed by atoms with van der Waals surface area (Å²) >= 11 is 0. The molecule has 0 radical (unpaired) electrons. The van der Waals surface area contributed by atoms with Crippen LogP contribution in [0.25, 0.3) is 0 Å². The lowest BCUT2D eigenvalue weighted by atomic mass is 10.1. The van der Waals surface area contributed by atoms with Crippen molar-refractivity contribution in [2.24, 2.45) is 5.92 Å². The van der Waals surface area contributed by atoms with Crippen molar-refractivity contribution < 1.29 is 9.59 Å². The zero-order valence-electron chi connectivity index (χ0n) is 11.4. The summed E-state index contributed by atoms with van der Waals surface area (Å²) in [5.74, 6) is 0.0341. The standard InChI is InChI=1S/C14H21N3O2/c1-10(2)8-16-14(19)9-17-13(18)7-11-4-3-5-12(15)6-11/h3-6,10H,7-9,15H2,1-2H3,(H,16,19)(H,17,18). The van der Waals surface area contributed by atoms with Gasteiger partial charge >= 0.3 is 0 Å². The number of nitrogens with two attached hydrogens (primary N) is 1. The molecule has 0 fully saturated rings. The maximum Gasteiger partial charge on any atom is 0.239 e. The zero-order valence-corrected chi connectivity index (χ0v) is 11.4. The molecule has 0 aromatic heterocycles. The predicted octanol–water partition coefficient (Wildman–Crippen LogP) is 0.700. The molecule has 0 atom stereocenters. The number of nitrogen functional groups attached to an aromatic ring is 1. The first-order valence-electron chi connectivity index (χ1n) is 6.35. The van der Waals surface area contributed by atoms with E-state index in [4.69, 9.17) is 5.73 Å². The van der Waals surface area contributed by atoms with Gasteiger partial charge in [-0.2, -0.15) is 0 Å². The molecule has 0 spiro atoms. The second-order valence-electron chi connectivity index (χ2n) is 4.90. The molecular weight excluding hydrogens is 242 g/mol. The third-order valence-corrected chi connectivity index (χ3v) is 2.47. The molecule has 104 valence electrons. The zero-order chi connectivity index (χ0) is 14.3. The van der Waals surface area contributed by atoms with Gasteiger partial charge < -0.3 is 16.4 Å². The third-order valence-electron chi connectivity index (χ3n) is 2.47. The number of rotatable bonds is 6. The van der Waals surface area contributed by atoms with Crippen molar-refractivity contribution in [3.63, 3.8) is 0 Å². The number of carbonyl (C=O) groups is 2. The van der Waals surface area contributed by atoms with Gasteiger partial charge in [0.05, 0.1) is 13.0 Å². The predicted molar refractivity (Wildman–Crippen MR) is 75.4 cm³/mol. The molecule has 5 heteroatoms. The van der Waals surface area contributed by atoms with Gasteiger partial charge in [-0.05, 0) is 23.6 Å².